The molecule has 5 heterocycles. The van der Waals surface area contributed by atoms with E-state index in [4.69, 9.17) is 9.72 Å². The van der Waals surface area contributed by atoms with Crippen LogP contribution >= 0.6 is 0 Å². The fourth-order valence-electron chi connectivity index (χ4n) is 4.44. The lowest BCUT2D eigenvalue weighted by Gasteiger charge is -2.38. The van der Waals surface area contributed by atoms with Gasteiger partial charge >= 0.3 is 5.97 Å². The van der Waals surface area contributed by atoms with Gasteiger partial charge < -0.3 is 19.1 Å². The Labute approximate surface area is 174 Å². The van der Waals surface area contributed by atoms with Crippen LogP contribution in [0.3, 0.4) is 0 Å². The summed E-state index contributed by atoms with van der Waals surface area (Å²) in [7, 11) is 1.44. The predicted molar refractivity (Wildman–Crippen MR) is 113 cm³/mol. The van der Waals surface area contributed by atoms with Crippen molar-refractivity contribution in [2.24, 2.45) is 11.8 Å². The molecule has 154 valence electrons. The Morgan fingerprint density at radius 3 is 2.83 bits per heavy atom. The Hall–Kier alpha value is -3.16. The van der Waals surface area contributed by atoms with Crippen LogP contribution in [0.2, 0.25) is 0 Å². The van der Waals surface area contributed by atoms with Crippen LogP contribution in [-0.2, 0) is 22.5 Å². The normalized spacial score (nSPS) is 18.6. The monoisotopic (exact) mass is 404 g/mol. The van der Waals surface area contributed by atoms with Crippen LogP contribution in [0.4, 0.5) is 17.3 Å². The molecule has 1 aliphatic carbocycles. The van der Waals surface area contributed by atoms with Gasteiger partial charge in [-0.05, 0) is 48.9 Å². The van der Waals surface area contributed by atoms with Crippen LogP contribution in [0.5, 0.6) is 0 Å². The summed E-state index contributed by atoms with van der Waals surface area (Å²) in [5.74, 6) is 2.50. The van der Waals surface area contributed by atoms with Crippen LogP contribution in [0, 0.1) is 11.8 Å². The molecular weight excluding hydrogens is 380 g/mol. The zero-order valence-electron chi connectivity index (χ0n) is 17.0. The van der Waals surface area contributed by atoms with E-state index in [1.807, 2.05) is 18.6 Å². The third-order valence-electron chi connectivity index (χ3n) is 6.44. The van der Waals surface area contributed by atoms with E-state index in [2.05, 4.69) is 36.5 Å². The molecule has 0 spiro atoms. The number of anilines is 3. The Morgan fingerprint density at radius 1 is 1.23 bits per heavy atom. The molecule has 1 saturated carbocycles. The number of fused-ring (bicyclic) bond motifs is 2. The number of hydrogen-bond acceptors (Lipinski definition) is 7. The Bertz CT molecular complexity index is 1110. The minimum atomic E-state index is -0.144. The van der Waals surface area contributed by atoms with Crippen molar-refractivity contribution in [1.82, 2.24) is 19.5 Å². The van der Waals surface area contributed by atoms with Gasteiger partial charge in [-0.25, -0.2) is 15.0 Å². The van der Waals surface area contributed by atoms with Gasteiger partial charge in [0.05, 0.1) is 31.2 Å². The highest BCUT2D eigenvalue weighted by Crippen LogP contribution is 2.36. The van der Waals surface area contributed by atoms with Crippen molar-refractivity contribution in [2.45, 2.75) is 25.8 Å². The second-order valence-corrected chi connectivity index (χ2v) is 8.56. The molecule has 0 bridgehead atoms. The molecule has 1 saturated heterocycles. The van der Waals surface area contributed by atoms with E-state index < -0.39 is 0 Å². The summed E-state index contributed by atoms with van der Waals surface area (Å²) < 4.78 is 7.01. The van der Waals surface area contributed by atoms with Gasteiger partial charge in [0.25, 0.3) is 0 Å². The van der Waals surface area contributed by atoms with Crippen LogP contribution < -0.4 is 9.80 Å². The van der Waals surface area contributed by atoms with Gasteiger partial charge in [-0.3, -0.25) is 4.79 Å². The van der Waals surface area contributed by atoms with Gasteiger partial charge in [-0.1, -0.05) is 0 Å². The second kappa shape index (κ2) is 6.68. The Morgan fingerprint density at radius 2 is 2.10 bits per heavy atom. The van der Waals surface area contributed by atoms with Gasteiger partial charge in [-0.2, -0.15) is 0 Å². The summed E-state index contributed by atoms with van der Waals surface area (Å²) in [4.78, 5) is 30.2. The lowest BCUT2D eigenvalue weighted by molar-refractivity contribution is -0.146. The number of carbonyl (C=O) groups excluding carboxylic acids is 1. The number of pyridine rings is 2. The number of carbonyl (C=O) groups is 1. The summed E-state index contributed by atoms with van der Waals surface area (Å²) >= 11 is 0. The maximum absolute atomic E-state index is 11.6. The van der Waals surface area contributed by atoms with Crippen LogP contribution in [0.25, 0.3) is 11.2 Å². The molecule has 2 fully saturated rings. The van der Waals surface area contributed by atoms with E-state index in [1.165, 1.54) is 25.5 Å². The highest BCUT2D eigenvalue weighted by Gasteiger charge is 2.34. The van der Waals surface area contributed by atoms with Gasteiger partial charge in [0.1, 0.15) is 17.2 Å². The van der Waals surface area contributed by atoms with Crippen LogP contribution in [0.1, 0.15) is 18.4 Å². The third-order valence-corrected chi connectivity index (χ3v) is 6.44. The molecule has 3 aliphatic rings. The zero-order valence-corrected chi connectivity index (χ0v) is 17.0. The number of methoxy groups -OCH3 is 1. The van der Waals surface area contributed by atoms with Crippen LogP contribution in [-0.4, -0.2) is 52.2 Å². The minimum absolute atomic E-state index is 0.0472. The zero-order chi connectivity index (χ0) is 20.2. The highest BCUT2D eigenvalue weighted by molar-refractivity contribution is 5.79. The summed E-state index contributed by atoms with van der Waals surface area (Å²) in [6, 6.07) is 6.31. The fraction of sp³-hybridized carbons (Fsp3) is 0.455. The molecule has 0 radical (unpaired) electrons. The standard InChI is InChI=1S/C22H24N6O2/c1-30-22(29)16-11-26(12-16)19-5-4-17(9-23-19)28-7-6-15-8-18-21(25-20(15)28)27(13-24-18)10-14-2-3-14/h4-5,8-9,13-14,16H,2-3,6-7,10-12H2,1H3. The van der Waals surface area contributed by atoms with E-state index in [0.717, 1.165) is 53.9 Å². The molecule has 0 amide bonds. The summed E-state index contributed by atoms with van der Waals surface area (Å²) in [5, 5.41) is 0. The molecule has 0 unspecified atom stereocenters. The molecule has 2 aliphatic heterocycles. The SMILES string of the molecule is COC(=O)C1CN(c2ccc(N3CCc4cc5ncn(CC6CC6)c5nc43)cn2)C1. The first-order valence-corrected chi connectivity index (χ1v) is 10.6. The third kappa shape index (κ3) is 2.89. The average Bonchev–Trinajstić information content (AvgIpc) is 3.33. The molecule has 8 nitrogen and oxygen atoms in total. The lowest BCUT2D eigenvalue weighted by atomic mass is 10.0. The molecule has 0 aromatic carbocycles. The van der Waals surface area contributed by atoms with E-state index >= 15 is 0 Å². The van der Waals surface area contributed by atoms with Crippen molar-refractivity contribution in [1.29, 1.82) is 0 Å². The first-order valence-electron chi connectivity index (χ1n) is 10.6. The topological polar surface area (TPSA) is 76.4 Å². The van der Waals surface area contributed by atoms with E-state index in [-0.39, 0.29) is 11.9 Å². The molecule has 6 rings (SSSR count). The Kier molecular flexibility index (Phi) is 3.94. The Balaban J connectivity index is 1.23. The summed E-state index contributed by atoms with van der Waals surface area (Å²) in [6.07, 6.45) is 7.42. The smallest absolute Gasteiger partial charge is 0.312 e. The fourth-order valence-corrected chi connectivity index (χ4v) is 4.44. The second-order valence-electron chi connectivity index (χ2n) is 8.56. The molecule has 3 aromatic rings. The number of rotatable bonds is 5. The first kappa shape index (κ1) is 17.7. The first-order chi connectivity index (χ1) is 14.7. The van der Waals surface area contributed by atoms with Gasteiger partial charge in [0.15, 0.2) is 5.65 Å². The van der Waals surface area contributed by atoms with Gasteiger partial charge in [0.2, 0.25) is 0 Å². The molecule has 0 atom stereocenters. The van der Waals surface area contributed by atoms with Crippen molar-refractivity contribution in [2.75, 3.05) is 36.5 Å². The number of aromatic nitrogens is 4. The lowest BCUT2D eigenvalue weighted by Crippen LogP contribution is -2.51. The predicted octanol–water partition coefficient (Wildman–Crippen LogP) is 2.54. The molecule has 0 N–H and O–H groups in total. The maximum Gasteiger partial charge on any atom is 0.312 e. The molecular formula is C22H24N6O2. The number of hydrogen-bond donors (Lipinski definition) is 0. The van der Waals surface area contributed by atoms with Crippen molar-refractivity contribution < 1.29 is 9.53 Å². The van der Waals surface area contributed by atoms with E-state index in [1.54, 1.807) is 0 Å². The average molecular weight is 404 g/mol. The quantitative estimate of drug-likeness (QED) is 0.605. The maximum atomic E-state index is 11.6. The number of ether oxygens (including phenoxy) is 1. The number of esters is 1. The van der Waals surface area contributed by atoms with E-state index in [9.17, 15) is 4.79 Å². The molecule has 3 aromatic heterocycles. The number of imidazole rings is 1. The molecule has 8 heteroatoms. The number of nitrogens with zero attached hydrogens (tertiary/aromatic N) is 6. The highest BCUT2D eigenvalue weighted by atomic mass is 16.5. The van der Waals surface area contributed by atoms with Crippen molar-refractivity contribution >= 4 is 34.5 Å². The van der Waals surface area contributed by atoms with Crippen LogP contribution in [0.15, 0.2) is 30.7 Å². The van der Waals surface area contributed by atoms with Gasteiger partial charge in [0, 0.05) is 26.2 Å². The minimum Gasteiger partial charge on any atom is -0.469 e. The summed E-state index contributed by atoms with van der Waals surface area (Å²) in [5.41, 5.74) is 4.25. The van der Waals surface area contributed by atoms with Gasteiger partial charge in [-0.15, -0.1) is 0 Å². The van der Waals surface area contributed by atoms with Crippen molar-refractivity contribution in [3.63, 3.8) is 0 Å². The molecule has 30 heavy (non-hydrogen) atoms. The largest absolute Gasteiger partial charge is 0.469 e. The van der Waals surface area contributed by atoms with E-state index in [0.29, 0.717) is 13.1 Å². The van der Waals surface area contributed by atoms with Crippen molar-refractivity contribution in [3.05, 3.63) is 36.3 Å². The summed E-state index contributed by atoms with van der Waals surface area (Å²) in [6.45, 7) is 3.24. The van der Waals surface area contributed by atoms with Crippen molar-refractivity contribution in [3.8, 4) is 0 Å².